The molecule has 0 radical (unpaired) electrons. The highest BCUT2D eigenvalue weighted by molar-refractivity contribution is 7.99. The quantitative estimate of drug-likeness (QED) is 0.237. The fraction of sp³-hybridized carbons (Fsp3) is 0.231. The minimum atomic E-state index is -3.65. The summed E-state index contributed by atoms with van der Waals surface area (Å²) in [4.78, 5) is 26.1. The second-order valence-corrected chi connectivity index (χ2v) is 11.6. The van der Waals surface area contributed by atoms with Crippen molar-refractivity contribution in [1.82, 2.24) is 24.1 Å². The number of anilines is 1. The molecule has 0 bridgehead atoms. The van der Waals surface area contributed by atoms with Gasteiger partial charge in [0, 0.05) is 13.6 Å². The molecule has 0 atom stereocenters. The molecular formula is C26H28N6O4S2. The summed E-state index contributed by atoms with van der Waals surface area (Å²) < 4.78 is 30.7. The van der Waals surface area contributed by atoms with E-state index >= 15 is 0 Å². The van der Waals surface area contributed by atoms with Crippen LogP contribution in [0.25, 0.3) is 5.69 Å². The lowest BCUT2D eigenvalue weighted by molar-refractivity contribution is -0.113. The molecule has 12 heteroatoms. The third-order valence-corrected chi connectivity index (χ3v) is 8.55. The van der Waals surface area contributed by atoms with Crippen LogP contribution in [0.4, 0.5) is 5.69 Å². The molecule has 1 amide bonds. The molecule has 4 rings (SSSR count). The van der Waals surface area contributed by atoms with Crippen molar-refractivity contribution < 1.29 is 13.2 Å². The Labute approximate surface area is 224 Å². The number of thioether (sulfide) groups is 1. The van der Waals surface area contributed by atoms with Gasteiger partial charge in [0.2, 0.25) is 5.91 Å². The summed E-state index contributed by atoms with van der Waals surface area (Å²) in [5, 5.41) is 11.3. The zero-order valence-corrected chi connectivity index (χ0v) is 22.9. The number of benzene rings is 2. The van der Waals surface area contributed by atoms with Gasteiger partial charge in [0.25, 0.3) is 5.56 Å². The highest BCUT2D eigenvalue weighted by Gasteiger charge is 2.23. The first-order chi connectivity index (χ1) is 18.1. The first-order valence-corrected chi connectivity index (χ1v) is 14.3. The molecule has 0 aliphatic carbocycles. The van der Waals surface area contributed by atoms with Crippen molar-refractivity contribution >= 4 is 33.2 Å². The molecule has 2 heterocycles. The molecule has 0 aliphatic heterocycles. The van der Waals surface area contributed by atoms with Crippen molar-refractivity contribution in [1.29, 1.82) is 0 Å². The Kier molecular flexibility index (Phi) is 8.02. The Morgan fingerprint density at radius 2 is 1.76 bits per heavy atom. The van der Waals surface area contributed by atoms with Crippen molar-refractivity contribution in [2.45, 2.75) is 36.2 Å². The lowest BCUT2D eigenvalue weighted by Gasteiger charge is -2.09. The highest BCUT2D eigenvalue weighted by Crippen LogP contribution is 2.22. The van der Waals surface area contributed by atoms with E-state index in [9.17, 15) is 18.0 Å². The number of amides is 1. The van der Waals surface area contributed by atoms with E-state index in [0.29, 0.717) is 16.5 Å². The van der Waals surface area contributed by atoms with E-state index in [1.54, 1.807) is 53.6 Å². The van der Waals surface area contributed by atoms with E-state index in [0.717, 1.165) is 17.3 Å². The summed E-state index contributed by atoms with van der Waals surface area (Å²) in [6.07, 6.45) is 1.61. The predicted octanol–water partition coefficient (Wildman–Crippen LogP) is 3.28. The third-order valence-electron chi connectivity index (χ3n) is 5.96. The van der Waals surface area contributed by atoms with Crippen LogP contribution in [0.3, 0.4) is 0 Å². The largest absolute Gasteiger partial charge is 0.319 e. The van der Waals surface area contributed by atoms with Crippen LogP contribution in [-0.4, -0.2) is 44.2 Å². The van der Waals surface area contributed by atoms with Gasteiger partial charge >= 0.3 is 0 Å². The van der Waals surface area contributed by atoms with Crippen molar-refractivity contribution in [2.75, 3.05) is 11.1 Å². The number of carbonyl (C=O) groups is 1. The van der Waals surface area contributed by atoms with Crippen molar-refractivity contribution in [3.8, 4) is 5.69 Å². The van der Waals surface area contributed by atoms with Gasteiger partial charge < -0.3 is 9.88 Å². The SMILES string of the molecule is C=CCn1c(CS(=O)(=O)c2ccc(C)cc2)nnc1SCC(=O)Nc1c(C)n(C)n(-c2ccccc2)c1=O. The Bertz CT molecular complexity index is 1640. The number of rotatable bonds is 10. The second kappa shape index (κ2) is 11.2. The van der Waals surface area contributed by atoms with Gasteiger partial charge in [-0.3, -0.25) is 14.3 Å². The minimum Gasteiger partial charge on any atom is -0.319 e. The summed E-state index contributed by atoms with van der Waals surface area (Å²) in [5.74, 6) is -0.550. The van der Waals surface area contributed by atoms with E-state index in [1.807, 2.05) is 37.3 Å². The normalized spacial score (nSPS) is 11.4. The molecule has 198 valence electrons. The molecule has 0 unspecified atom stereocenters. The van der Waals surface area contributed by atoms with E-state index in [4.69, 9.17) is 0 Å². The van der Waals surface area contributed by atoms with Crippen LogP contribution in [0.15, 0.2) is 82.1 Å². The number of sulfone groups is 1. The second-order valence-electron chi connectivity index (χ2n) is 8.64. The smallest absolute Gasteiger partial charge is 0.295 e. The Balaban J connectivity index is 1.49. The van der Waals surface area contributed by atoms with E-state index in [-0.39, 0.29) is 40.0 Å². The van der Waals surface area contributed by atoms with Crippen LogP contribution >= 0.6 is 11.8 Å². The van der Waals surface area contributed by atoms with Crippen molar-refractivity contribution in [3.63, 3.8) is 0 Å². The van der Waals surface area contributed by atoms with Crippen LogP contribution in [-0.2, 0) is 34.0 Å². The van der Waals surface area contributed by atoms with Gasteiger partial charge in [0.1, 0.15) is 17.3 Å². The molecular weight excluding hydrogens is 524 g/mol. The molecule has 1 N–H and O–H groups in total. The maximum Gasteiger partial charge on any atom is 0.295 e. The molecule has 2 aromatic heterocycles. The van der Waals surface area contributed by atoms with Crippen molar-refractivity contribution in [2.24, 2.45) is 7.05 Å². The molecule has 0 saturated heterocycles. The molecule has 4 aromatic rings. The lowest BCUT2D eigenvalue weighted by Crippen LogP contribution is -2.23. The number of aromatic nitrogens is 5. The summed E-state index contributed by atoms with van der Waals surface area (Å²) in [5.41, 5.74) is 2.10. The standard InChI is InChI=1S/C26H28N6O4S2/c1-5-15-31-22(17-38(35,36)21-13-11-18(2)12-14-21)28-29-26(31)37-16-23(33)27-24-19(3)30(4)32(25(24)34)20-9-7-6-8-10-20/h5-14H,1,15-17H2,2-4H3,(H,27,33). The lowest BCUT2D eigenvalue weighted by atomic mass is 10.2. The first-order valence-electron chi connectivity index (χ1n) is 11.7. The number of carbonyl (C=O) groups excluding carboxylic acids is 1. The van der Waals surface area contributed by atoms with Crippen molar-refractivity contribution in [3.05, 3.63) is 94.7 Å². The zero-order valence-electron chi connectivity index (χ0n) is 21.3. The van der Waals surface area contributed by atoms with E-state index < -0.39 is 15.7 Å². The average Bonchev–Trinajstić information content (AvgIpc) is 3.36. The average molecular weight is 553 g/mol. The molecule has 38 heavy (non-hydrogen) atoms. The monoisotopic (exact) mass is 552 g/mol. The summed E-state index contributed by atoms with van der Waals surface area (Å²) in [7, 11) is -1.90. The van der Waals surface area contributed by atoms with Gasteiger partial charge in [0.15, 0.2) is 15.0 Å². The maximum atomic E-state index is 13.1. The number of para-hydroxylation sites is 1. The summed E-state index contributed by atoms with van der Waals surface area (Å²) >= 11 is 1.10. The maximum absolute atomic E-state index is 13.1. The number of nitrogens with zero attached hydrogens (tertiary/aromatic N) is 5. The third kappa shape index (κ3) is 5.65. The Hall–Kier alpha value is -3.90. The fourth-order valence-electron chi connectivity index (χ4n) is 3.86. The molecule has 0 aliphatic rings. The van der Waals surface area contributed by atoms with E-state index in [2.05, 4.69) is 22.1 Å². The minimum absolute atomic E-state index is 0.0564. The number of aryl methyl sites for hydroxylation is 1. The van der Waals surface area contributed by atoms with Crippen LogP contribution in [0.2, 0.25) is 0 Å². The van der Waals surface area contributed by atoms with Gasteiger partial charge in [-0.05, 0) is 38.1 Å². The highest BCUT2D eigenvalue weighted by atomic mass is 32.2. The Morgan fingerprint density at radius 3 is 2.42 bits per heavy atom. The van der Waals surface area contributed by atoms with Crippen LogP contribution in [0, 0.1) is 13.8 Å². The Morgan fingerprint density at radius 1 is 1.08 bits per heavy atom. The number of hydrogen-bond acceptors (Lipinski definition) is 7. The molecule has 0 spiro atoms. The zero-order chi connectivity index (χ0) is 27.4. The van der Waals surface area contributed by atoms with E-state index in [1.165, 1.54) is 4.68 Å². The number of hydrogen-bond donors (Lipinski definition) is 1. The van der Waals surface area contributed by atoms with Crippen LogP contribution in [0.5, 0.6) is 0 Å². The number of allylic oxidation sites excluding steroid dienone is 1. The van der Waals surface area contributed by atoms with Gasteiger partial charge in [-0.1, -0.05) is 53.7 Å². The fourth-order valence-corrected chi connectivity index (χ4v) is 5.90. The number of nitrogens with one attached hydrogen (secondary N) is 1. The molecule has 2 aromatic carbocycles. The van der Waals surface area contributed by atoms with Gasteiger partial charge in [-0.15, -0.1) is 16.8 Å². The topological polar surface area (TPSA) is 121 Å². The predicted molar refractivity (Wildman–Crippen MR) is 147 cm³/mol. The van der Waals surface area contributed by atoms with Crippen LogP contribution < -0.4 is 10.9 Å². The molecule has 0 fully saturated rings. The van der Waals surface area contributed by atoms with Gasteiger partial charge in [-0.25, -0.2) is 13.1 Å². The summed E-state index contributed by atoms with van der Waals surface area (Å²) in [6, 6.07) is 15.8. The molecule has 0 saturated carbocycles. The molecule has 10 nitrogen and oxygen atoms in total. The first kappa shape index (κ1) is 27.1. The summed E-state index contributed by atoms with van der Waals surface area (Å²) in [6.45, 7) is 7.65. The van der Waals surface area contributed by atoms with Crippen LogP contribution in [0.1, 0.15) is 17.1 Å². The van der Waals surface area contributed by atoms with Gasteiger partial charge in [0.05, 0.1) is 22.0 Å². The van der Waals surface area contributed by atoms with Gasteiger partial charge in [-0.2, -0.15) is 0 Å².